The molecule has 4 N–H and O–H groups in total. The number of dihydropyridines is 1. The number of esters is 2. The molecule has 0 aromatic carbocycles. The Morgan fingerprint density at radius 1 is 1.32 bits per heavy atom. The summed E-state index contributed by atoms with van der Waals surface area (Å²) in [7, 11) is 0. The monoisotopic (exact) mass is 429 g/mol. The van der Waals surface area contributed by atoms with Crippen molar-refractivity contribution < 1.29 is 19.1 Å². The maximum atomic E-state index is 12.8. The van der Waals surface area contributed by atoms with Crippen LogP contribution in [0.4, 0.5) is 0 Å². The SMILES string of the molecule is C=CCOC(=O)C1=C(C)NC(CNC(N)=S)=C(C(=O)OCC)C1C1CCC1.Cl. The number of hydrogen-bond acceptors (Lipinski definition) is 6. The molecule has 0 amide bonds. The summed E-state index contributed by atoms with van der Waals surface area (Å²) >= 11 is 4.88. The number of nitrogens with one attached hydrogen (secondary N) is 2. The van der Waals surface area contributed by atoms with Gasteiger partial charge in [0.1, 0.15) is 6.61 Å². The Morgan fingerprint density at radius 2 is 1.96 bits per heavy atom. The molecule has 1 unspecified atom stereocenters. The van der Waals surface area contributed by atoms with E-state index in [0.29, 0.717) is 22.5 Å². The molecule has 9 heteroatoms. The molecule has 1 aliphatic heterocycles. The van der Waals surface area contributed by atoms with Crippen LogP contribution in [0.2, 0.25) is 0 Å². The van der Waals surface area contributed by atoms with Crippen molar-refractivity contribution in [2.24, 2.45) is 17.6 Å². The highest BCUT2D eigenvalue weighted by molar-refractivity contribution is 7.80. The van der Waals surface area contributed by atoms with E-state index in [1.807, 2.05) is 0 Å². The highest BCUT2D eigenvalue weighted by atomic mass is 35.5. The van der Waals surface area contributed by atoms with E-state index in [0.717, 1.165) is 19.3 Å². The summed E-state index contributed by atoms with van der Waals surface area (Å²) in [5.41, 5.74) is 7.75. The summed E-state index contributed by atoms with van der Waals surface area (Å²) in [6.45, 7) is 7.73. The summed E-state index contributed by atoms with van der Waals surface area (Å²) in [5.74, 6) is -1.07. The molecule has 0 bridgehead atoms. The first-order chi connectivity index (χ1) is 12.9. The number of allylic oxidation sites excluding steroid dienone is 1. The van der Waals surface area contributed by atoms with E-state index in [1.54, 1.807) is 13.8 Å². The van der Waals surface area contributed by atoms with Gasteiger partial charge in [0, 0.05) is 17.3 Å². The van der Waals surface area contributed by atoms with Crippen LogP contribution in [0.15, 0.2) is 35.2 Å². The largest absolute Gasteiger partial charge is 0.463 e. The molecular formula is C19H28ClN3O4S. The molecule has 1 saturated carbocycles. The lowest BCUT2D eigenvalue weighted by molar-refractivity contribution is -0.140. The van der Waals surface area contributed by atoms with Gasteiger partial charge >= 0.3 is 11.9 Å². The van der Waals surface area contributed by atoms with Crippen molar-refractivity contribution in [3.63, 3.8) is 0 Å². The molecule has 0 spiro atoms. The minimum atomic E-state index is -0.444. The Bertz CT molecular complexity index is 701. The average molecular weight is 430 g/mol. The van der Waals surface area contributed by atoms with E-state index < -0.39 is 11.9 Å². The maximum Gasteiger partial charge on any atom is 0.336 e. The molecule has 0 radical (unpaired) electrons. The number of hydrogen-bond donors (Lipinski definition) is 3. The van der Waals surface area contributed by atoms with Crippen molar-refractivity contribution in [1.82, 2.24) is 10.6 Å². The third-order valence-electron chi connectivity index (χ3n) is 4.80. The number of carbonyl (C=O) groups is 2. The zero-order valence-corrected chi connectivity index (χ0v) is 17.8. The molecule has 0 aromatic heterocycles. The summed E-state index contributed by atoms with van der Waals surface area (Å²) in [5, 5.41) is 6.15. The van der Waals surface area contributed by atoms with E-state index in [1.165, 1.54) is 6.08 Å². The number of nitrogens with two attached hydrogens (primary N) is 1. The van der Waals surface area contributed by atoms with Crippen LogP contribution in [0.3, 0.4) is 0 Å². The Morgan fingerprint density at radius 3 is 2.46 bits per heavy atom. The van der Waals surface area contributed by atoms with Crippen LogP contribution >= 0.6 is 24.6 Å². The molecule has 1 fully saturated rings. The second-order valence-electron chi connectivity index (χ2n) is 6.55. The predicted molar refractivity (Wildman–Crippen MR) is 114 cm³/mol. The Labute approximate surface area is 177 Å². The van der Waals surface area contributed by atoms with Crippen LogP contribution < -0.4 is 16.4 Å². The van der Waals surface area contributed by atoms with Crippen molar-refractivity contribution in [2.45, 2.75) is 33.1 Å². The maximum absolute atomic E-state index is 12.8. The highest BCUT2D eigenvalue weighted by Gasteiger charge is 2.43. The summed E-state index contributed by atoms with van der Waals surface area (Å²) in [6, 6.07) is 0. The Hall–Kier alpha value is -2.06. The molecular weight excluding hydrogens is 402 g/mol. The van der Waals surface area contributed by atoms with Gasteiger partial charge in [0.05, 0.1) is 24.3 Å². The van der Waals surface area contributed by atoms with Gasteiger partial charge in [0.15, 0.2) is 5.11 Å². The Balaban J connectivity index is 0.00000392. The van der Waals surface area contributed by atoms with Gasteiger partial charge < -0.3 is 25.8 Å². The smallest absolute Gasteiger partial charge is 0.336 e. The van der Waals surface area contributed by atoms with Crippen molar-refractivity contribution >= 4 is 41.7 Å². The lowest BCUT2D eigenvalue weighted by Gasteiger charge is -2.39. The predicted octanol–water partition coefficient (Wildman–Crippen LogP) is 2.08. The second kappa shape index (κ2) is 11.1. The van der Waals surface area contributed by atoms with E-state index in [4.69, 9.17) is 27.4 Å². The van der Waals surface area contributed by atoms with Gasteiger partial charge in [0.25, 0.3) is 0 Å². The molecule has 2 aliphatic rings. The first-order valence-electron chi connectivity index (χ1n) is 9.09. The van der Waals surface area contributed by atoms with Crippen LogP contribution in [0, 0.1) is 11.8 Å². The minimum absolute atomic E-state index is 0. The number of ether oxygens (including phenoxy) is 2. The molecule has 28 heavy (non-hydrogen) atoms. The fourth-order valence-corrected chi connectivity index (χ4v) is 3.51. The zero-order valence-electron chi connectivity index (χ0n) is 16.2. The lowest BCUT2D eigenvalue weighted by Crippen LogP contribution is -2.43. The van der Waals surface area contributed by atoms with Crippen molar-refractivity contribution in [1.29, 1.82) is 0 Å². The van der Waals surface area contributed by atoms with Crippen LogP contribution in [-0.4, -0.2) is 36.8 Å². The lowest BCUT2D eigenvalue weighted by atomic mass is 9.67. The standard InChI is InChI=1S/C19H27N3O4S.ClH/c1-4-9-26-17(23)14-11(3)22-13(10-21-19(20)27)16(18(24)25-5-2)15(14)12-7-6-8-12;/h4,12,15,22H,1,5-10H2,2-3H3,(H3,20,21,27);1H. The molecule has 1 aliphatic carbocycles. The summed E-state index contributed by atoms with van der Waals surface area (Å²) < 4.78 is 10.6. The molecule has 2 rings (SSSR count). The van der Waals surface area contributed by atoms with Gasteiger partial charge in [-0.15, -0.1) is 12.4 Å². The van der Waals surface area contributed by atoms with Crippen molar-refractivity contribution in [3.05, 3.63) is 35.2 Å². The van der Waals surface area contributed by atoms with Gasteiger partial charge in [0.2, 0.25) is 0 Å². The first kappa shape index (κ1) is 24.0. The molecule has 0 aromatic rings. The highest BCUT2D eigenvalue weighted by Crippen LogP contribution is 2.45. The first-order valence-corrected chi connectivity index (χ1v) is 9.50. The summed E-state index contributed by atoms with van der Waals surface area (Å²) in [6.07, 6.45) is 4.46. The van der Waals surface area contributed by atoms with Crippen LogP contribution in [0.5, 0.6) is 0 Å². The number of rotatable bonds is 8. The zero-order chi connectivity index (χ0) is 20.0. The van der Waals surface area contributed by atoms with Crippen LogP contribution in [0.1, 0.15) is 33.1 Å². The van der Waals surface area contributed by atoms with Gasteiger partial charge in [-0.25, -0.2) is 9.59 Å². The number of carbonyl (C=O) groups excluding carboxylic acids is 2. The van der Waals surface area contributed by atoms with E-state index >= 15 is 0 Å². The van der Waals surface area contributed by atoms with Crippen molar-refractivity contribution in [2.75, 3.05) is 19.8 Å². The Kier molecular flexibility index (Phi) is 9.48. The third kappa shape index (κ3) is 5.48. The average Bonchev–Trinajstić information content (AvgIpc) is 2.56. The topological polar surface area (TPSA) is 103 Å². The van der Waals surface area contributed by atoms with Crippen molar-refractivity contribution in [3.8, 4) is 0 Å². The van der Waals surface area contributed by atoms with E-state index in [9.17, 15) is 9.59 Å². The van der Waals surface area contributed by atoms with Crippen LogP contribution in [-0.2, 0) is 19.1 Å². The summed E-state index contributed by atoms with van der Waals surface area (Å²) in [4.78, 5) is 25.5. The molecule has 1 atom stereocenters. The fourth-order valence-electron chi connectivity index (χ4n) is 3.44. The number of thiocarbonyl (C=S) groups is 1. The van der Waals surface area contributed by atoms with Gasteiger partial charge in [-0.2, -0.15) is 0 Å². The van der Waals surface area contributed by atoms with Gasteiger partial charge in [-0.3, -0.25) is 0 Å². The minimum Gasteiger partial charge on any atom is -0.463 e. The normalized spacial score (nSPS) is 19.0. The number of halogens is 1. The quantitative estimate of drug-likeness (QED) is 0.306. The van der Waals surface area contributed by atoms with E-state index in [2.05, 4.69) is 17.2 Å². The van der Waals surface area contributed by atoms with E-state index in [-0.39, 0.29) is 49.1 Å². The molecule has 156 valence electrons. The fraction of sp³-hybridized carbons (Fsp3) is 0.526. The second-order valence-corrected chi connectivity index (χ2v) is 6.99. The molecule has 1 heterocycles. The van der Waals surface area contributed by atoms with Gasteiger partial charge in [-0.05, 0) is 44.8 Å². The molecule has 0 saturated heterocycles. The van der Waals surface area contributed by atoms with Crippen LogP contribution in [0.25, 0.3) is 0 Å². The molecule has 7 nitrogen and oxygen atoms in total. The third-order valence-corrected chi connectivity index (χ3v) is 4.94. The van der Waals surface area contributed by atoms with Gasteiger partial charge in [-0.1, -0.05) is 19.1 Å².